The molecule has 1 atom stereocenters. The number of rotatable bonds is 2. The zero-order valence-corrected chi connectivity index (χ0v) is 11.9. The van der Waals surface area contributed by atoms with Crippen molar-refractivity contribution in [3.8, 4) is 0 Å². The van der Waals surface area contributed by atoms with Crippen molar-refractivity contribution in [1.29, 1.82) is 0 Å². The van der Waals surface area contributed by atoms with Crippen LogP contribution in [0, 0.1) is 0 Å². The molecule has 1 unspecified atom stereocenters. The number of primary amides is 1. The molecule has 1 aromatic carbocycles. The second kappa shape index (κ2) is 6.73. The third-order valence-electron chi connectivity index (χ3n) is 2.27. The van der Waals surface area contributed by atoms with E-state index < -0.39 is 34.2 Å². The van der Waals surface area contributed by atoms with Crippen LogP contribution in [-0.2, 0) is 14.8 Å². The fourth-order valence-electron chi connectivity index (χ4n) is 1.32. The first-order valence-electron chi connectivity index (χ1n) is 5.65. The maximum Gasteiger partial charge on any atom is 0.323 e. The van der Waals surface area contributed by atoms with Gasteiger partial charge in [-0.15, -0.1) is 0 Å². The molecule has 0 bridgehead atoms. The largest absolute Gasteiger partial charge is 0.399 e. The quantitative estimate of drug-likeness (QED) is 0.261. The third kappa shape index (κ3) is 5.26. The normalized spacial score (nSPS) is 16.9. The fraction of sp³-hybridized carbons (Fsp3) is 0.100. The van der Waals surface area contributed by atoms with Crippen LogP contribution < -0.4 is 32.6 Å². The van der Waals surface area contributed by atoms with Crippen LogP contribution >= 0.6 is 0 Å². The highest BCUT2D eigenvalue weighted by atomic mass is 32.2. The van der Waals surface area contributed by atoms with Crippen LogP contribution in [-0.4, -0.2) is 32.6 Å². The summed E-state index contributed by atoms with van der Waals surface area (Å²) in [6.07, 6.45) is -1.04. The molecule has 0 saturated carbocycles. The van der Waals surface area contributed by atoms with Gasteiger partial charge in [-0.25, -0.2) is 23.1 Å². The highest BCUT2D eigenvalue weighted by Crippen LogP contribution is 2.08. The average molecular weight is 330 g/mol. The summed E-state index contributed by atoms with van der Waals surface area (Å²) < 4.78 is 21.4. The number of anilines is 1. The monoisotopic (exact) mass is 330 g/mol. The molecule has 1 aromatic rings. The molecule has 9 N–H and O–H groups in total. The van der Waals surface area contributed by atoms with Crippen molar-refractivity contribution in [3.63, 3.8) is 0 Å². The Morgan fingerprint density at radius 2 is 1.73 bits per heavy atom. The Bertz CT molecular complexity index is 686. The number of nitrogen functional groups attached to an aromatic ring is 1. The predicted molar refractivity (Wildman–Crippen MR) is 75.4 cm³/mol. The van der Waals surface area contributed by atoms with Crippen LogP contribution in [0.4, 0.5) is 15.3 Å². The van der Waals surface area contributed by atoms with Gasteiger partial charge in [0, 0.05) is 5.69 Å². The van der Waals surface area contributed by atoms with Crippen LogP contribution in [0.5, 0.6) is 0 Å². The second-order valence-electron chi connectivity index (χ2n) is 4.02. The predicted octanol–water partition coefficient (Wildman–Crippen LogP) is -2.26. The van der Waals surface area contributed by atoms with Gasteiger partial charge in [0.05, 0.1) is 4.90 Å². The van der Waals surface area contributed by atoms with E-state index in [2.05, 4.69) is 5.32 Å². The number of hydrogen-bond donors (Lipinski definition) is 6. The number of primary sulfonamides is 1. The number of carbonyl (C=O) groups is 3. The zero-order chi connectivity index (χ0) is 16.9. The van der Waals surface area contributed by atoms with Gasteiger partial charge in [0.15, 0.2) is 6.17 Å². The summed E-state index contributed by atoms with van der Waals surface area (Å²) in [5.74, 6) is -0.617. The standard InChI is InChI=1S/C6H8N2O2S.C4H6N4O3/c7-5-1-3-6(4-2-5)11(8,9)10;5-3(10)6-1-2(9)8-4(11)7-1/h1-4H,7H2,(H2,8,9,10);1H,(H3,5,6,10)(H2,7,8,9,11). The Labute approximate surface area is 125 Å². The van der Waals surface area contributed by atoms with Crippen molar-refractivity contribution in [1.82, 2.24) is 16.0 Å². The Balaban J connectivity index is 0.000000220. The molecule has 120 valence electrons. The van der Waals surface area contributed by atoms with Gasteiger partial charge in [-0.3, -0.25) is 10.1 Å². The molecule has 11 nitrogen and oxygen atoms in total. The summed E-state index contributed by atoms with van der Waals surface area (Å²) in [5.41, 5.74) is 10.5. The zero-order valence-electron chi connectivity index (χ0n) is 11.1. The van der Waals surface area contributed by atoms with E-state index in [1.54, 1.807) is 0 Å². The lowest BCUT2D eigenvalue weighted by atomic mass is 10.3. The van der Waals surface area contributed by atoms with Crippen LogP contribution in [0.2, 0.25) is 0 Å². The number of amides is 5. The average Bonchev–Trinajstić information content (AvgIpc) is 2.67. The number of hydrogen-bond acceptors (Lipinski definition) is 6. The molecule has 0 spiro atoms. The van der Waals surface area contributed by atoms with Crippen molar-refractivity contribution < 1.29 is 22.8 Å². The first-order chi connectivity index (χ1) is 10.1. The van der Waals surface area contributed by atoms with Gasteiger partial charge >= 0.3 is 12.1 Å². The molecule has 1 saturated heterocycles. The summed E-state index contributed by atoms with van der Waals surface area (Å²) in [6.45, 7) is 0. The number of urea groups is 2. The van der Waals surface area contributed by atoms with E-state index in [0.29, 0.717) is 5.69 Å². The number of sulfonamides is 1. The van der Waals surface area contributed by atoms with Crippen LogP contribution in [0.25, 0.3) is 0 Å². The summed E-state index contributed by atoms with van der Waals surface area (Å²) >= 11 is 0. The minimum Gasteiger partial charge on any atom is -0.399 e. The van der Waals surface area contributed by atoms with Crippen molar-refractivity contribution in [2.24, 2.45) is 10.9 Å². The van der Waals surface area contributed by atoms with Crippen LogP contribution in [0.15, 0.2) is 29.2 Å². The SMILES string of the molecule is NC(=O)NC1NC(=O)NC1=O.Nc1ccc(S(N)(=O)=O)cc1. The van der Waals surface area contributed by atoms with Crippen molar-refractivity contribution in [2.45, 2.75) is 11.1 Å². The number of imide groups is 1. The topological polar surface area (TPSA) is 200 Å². The second-order valence-corrected chi connectivity index (χ2v) is 5.58. The molecule has 22 heavy (non-hydrogen) atoms. The molecular formula is C10H14N6O5S. The molecule has 5 amide bonds. The first-order valence-corrected chi connectivity index (χ1v) is 7.20. The van der Waals surface area contributed by atoms with Gasteiger partial charge in [0.2, 0.25) is 10.0 Å². The maximum absolute atomic E-state index is 10.7. The summed E-state index contributed by atoms with van der Waals surface area (Å²) in [6, 6.07) is 4.19. The van der Waals surface area contributed by atoms with Crippen molar-refractivity contribution in [2.75, 3.05) is 5.73 Å². The highest BCUT2D eigenvalue weighted by molar-refractivity contribution is 7.89. The van der Waals surface area contributed by atoms with Crippen LogP contribution in [0.3, 0.4) is 0 Å². The summed E-state index contributed by atoms with van der Waals surface area (Å²) in [4.78, 5) is 31.3. The van der Waals surface area contributed by atoms with E-state index in [1.165, 1.54) is 24.3 Å². The Morgan fingerprint density at radius 1 is 1.18 bits per heavy atom. The molecule has 2 rings (SSSR count). The Morgan fingerprint density at radius 3 is 2.09 bits per heavy atom. The number of nitrogens with two attached hydrogens (primary N) is 3. The third-order valence-corrected chi connectivity index (χ3v) is 3.20. The van der Waals surface area contributed by atoms with Crippen LogP contribution in [0.1, 0.15) is 0 Å². The number of carbonyl (C=O) groups excluding carboxylic acids is 3. The fourth-order valence-corrected chi connectivity index (χ4v) is 1.83. The summed E-state index contributed by atoms with van der Waals surface area (Å²) in [7, 11) is -3.58. The number of benzene rings is 1. The molecule has 1 heterocycles. The molecule has 1 aliphatic rings. The van der Waals surface area contributed by atoms with Gasteiger partial charge < -0.3 is 22.1 Å². The van der Waals surface area contributed by atoms with Gasteiger partial charge in [0.1, 0.15) is 0 Å². The van der Waals surface area contributed by atoms with Crippen molar-refractivity contribution in [3.05, 3.63) is 24.3 Å². The molecule has 0 radical (unpaired) electrons. The molecule has 1 fully saturated rings. The summed E-state index contributed by atoms with van der Waals surface area (Å²) in [5, 5.41) is 10.9. The first kappa shape index (κ1) is 17.2. The Hall–Kier alpha value is -2.86. The Kier molecular flexibility index (Phi) is 5.26. The lowest BCUT2D eigenvalue weighted by molar-refractivity contribution is -0.120. The molecule has 1 aliphatic heterocycles. The lowest BCUT2D eigenvalue weighted by Gasteiger charge is -2.05. The van der Waals surface area contributed by atoms with E-state index >= 15 is 0 Å². The molecule has 0 aromatic heterocycles. The molecule has 12 heteroatoms. The van der Waals surface area contributed by atoms with Gasteiger partial charge in [-0.2, -0.15) is 0 Å². The number of nitrogens with one attached hydrogen (secondary N) is 3. The van der Waals surface area contributed by atoms with E-state index in [1.807, 2.05) is 10.6 Å². The van der Waals surface area contributed by atoms with E-state index in [9.17, 15) is 22.8 Å². The van der Waals surface area contributed by atoms with Gasteiger partial charge in [-0.1, -0.05) is 0 Å². The minimum atomic E-state index is -3.58. The molecule has 0 aliphatic carbocycles. The highest BCUT2D eigenvalue weighted by Gasteiger charge is 2.29. The van der Waals surface area contributed by atoms with Gasteiger partial charge in [-0.05, 0) is 24.3 Å². The molecular weight excluding hydrogens is 316 g/mol. The van der Waals surface area contributed by atoms with E-state index in [4.69, 9.17) is 16.6 Å². The smallest absolute Gasteiger partial charge is 0.323 e. The van der Waals surface area contributed by atoms with E-state index in [0.717, 1.165) is 0 Å². The maximum atomic E-state index is 10.7. The van der Waals surface area contributed by atoms with E-state index in [-0.39, 0.29) is 4.90 Å². The van der Waals surface area contributed by atoms with Gasteiger partial charge in [0.25, 0.3) is 5.91 Å². The van der Waals surface area contributed by atoms with Crippen molar-refractivity contribution >= 4 is 33.7 Å². The lowest BCUT2D eigenvalue weighted by Crippen LogP contribution is -2.48. The minimum absolute atomic E-state index is 0.0756.